The van der Waals surface area contributed by atoms with E-state index in [1.165, 1.54) is 0 Å². The molecular weight excluding hydrogens is 236 g/mol. The molecule has 0 aliphatic carbocycles. The molecule has 0 saturated carbocycles. The first-order chi connectivity index (χ1) is 8.54. The first-order valence-electron chi connectivity index (χ1n) is 5.98. The summed E-state index contributed by atoms with van der Waals surface area (Å²) in [5, 5.41) is 13.9. The van der Waals surface area contributed by atoms with Gasteiger partial charge >= 0.3 is 5.97 Å². The number of amides is 2. The maximum absolute atomic E-state index is 11.7. The number of hydrogen-bond acceptors (Lipinski definition) is 3. The van der Waals surface area contributed by atoms with E-state index < -0.39 is 24.0 Å². The van der Waals surface area contributed by atoms with Gasteiger partial charge in [0.2, 0.25) is 11.8 Å². The van der Waals surface area contributed by atoms with Crippen molar-refractivity contribution < 1.29 is 19.5 Å². The lowest BCUT2D eigenvalue weighted by atomic mass is 10.1. The molecule has 1 saturated heterocycles. The second-order valence-electron chi connectivity index (χ2n) is 4.28. The molecule has 0 aromatic heterocycles. The Morgan fingerprint density at radius 3 is 2.83 bits per heavy atom. The topological polar surface area (TPSA) is 95.5 Å². The van der Waals surface area contributed by atoms with Crippen molar-refractivity contribution in [2.24, 2.45) is 0 Å². The predicted octanol–water partition coefficient (Wildman–Crippen LogP) is 0.191. The molecule has 0 radical (unpaired) electrons. The molecule has 6 heteroatoms. The summed E-state index contributed by atoms with van der Waals surface area (Å²) in [6.07, 6.45) is 4.15. The van der Waals surface area contributed by atoms with Gasteiger partial charge in [0.05, 0.1) is 0 Å². The van der Waals surface area contributed by atoms with Crippen LogP contribution in [0.3, 0.4) is 0 Å². The van der Waals surface area contributed by atoms with E-state index in [0.717, 1.165) is 0 Å². The largest absolute Gasteiger partial charge is 0.480 e. The fraction of sp³-hybridized carbons (Fsp3) is 0.583. The van der Waals surface area contributed by atoms with Gasteiger partial charge < -0.3 is 15.7 Å². The van der Waals surface area contributed by atoms with Crippen molar-refractivity contribution in [3.63, 3.8) is 0 Å². The summed E-state index contributed by atoms with van der Waals surface area (Å²) < 4.78 is 0. The van der Waals surface area contributed by atoms with E-state index in [1.807, 2.05) is 0 Å². The third-order valence-corrected chi connectivity index (χ3v) is 2.83. The normalized spacial score (nSPS) is 20.0. The van der Waals surface area contributed by atoms with Crippen molar-refractivity contribution in [1.82, 2.24) is 10.6 Å². The minimum atomic E-state index is -1.06. The zero-order valence-corrected chi connectivity index (χ0v) is 10.1. The second-order valence-corrected chi connectivity index (χ2v) is 4.28. The average molecular weight is 254 g/mol. The summed E-state index contributed by atoms with van der Waals surface area (Å²) in [6, 6.07) is -1.51. The van der Waals surface area contributed by atoms with Crippen molar-refractivity contribution in [2.75, 3.05) is 0 Å². The monoisotopic (exact) mass is 254 g/mol. The number of unbranched alkanes of at least 4 members (excludes halogenated alkanes) is 1. The molecular formula is C12H18N2O4. The second kappa shape index (κ2) is 6.78. The standard InChI is InChI=1S/C12H18N2O4/c1-2-3-4-5-9(12(17)18)14-11(16)8-6-7-10(15)13-8/h2,8-9H,1,3-7H2,(H,13,15)(H,14,16)(H,17,18)/t8-,9-/m1/s1. The highest BCUT2D eigenvalue weighted by Gasteiger charge is 2.29. The summed E-state index contributed by atoms with van der Waals surface area (Å²) in [6.45, 7) is 3.55. The number of carbonyl (C=O) groups excluding carboxylic acids is 2. The Kier molecular flexibility index (Phi) is 5.35. The van der Waals surface area contributed by atoms with Gasteiger partial charge in [0.25, 0.3) is 0 Å². The van der Waals surface area contributed by atoms with Crippen LogP contribution >= 0.6 is 0 Å². The molecule has 1 aliphatic heterocycles. The van der Waals surface area contributed by atoms with Gasteiger partial charge in [-0.3, -0.25) is 9.59 Å². The van der Waals surface area contributed by atoms with E-state index in [1.54, 1.807) is 6.08 Å². The van der Waals surface area contributed by atoms with Crippen LogP contribution in [0.4, 0.5) is 0 Å². The van der Waals surface area contributed by atoms with E-state index in [9.17, 15) is 14.4 Å². The summed E-state index contributed by atoms with van der Waals surface area (Å²) in [5.41, 5.74) is 0. The molecule has 2 amide bonds. The van der Waals surface area contributed by atoms with Gasteiger partial charge in [0, 0.05) is 6.42 Å². The van der Waals surface area contributed by atoms with Gasteiger partial charge in [-0.15, -0.1) is 6.58 Å². The molecule has 18 heavy (non-hydrogen) atoms. The summed E-state index contributed by atoms with van der Waals surface area (Å²) in [4.78, 5) is 33.7. The Morgan fingerprint density at radius 2 is 2.33 bits per heavy atom. The van der Waals surface area contributed by atoms with E-state index >= 15 is 0 Å². The zero-order chi connectivity index (χ0) is 13.5. The molecule has 3 N–H and O–H groups in total. The van der Waals surface area contributed by atoms with Crippen molar-refractivity contribution in [1.29, 1.82) is 0 Å². The van der Waals surface area contributed by atoms with Crippen LogP contribution in [0.2, 0.25) is 0 Å². The first kappa shape index (κ1) is 14.2. The van der Waals surface area contributed by atoms with Crippen molar-refractivity contribution in [3.05, 3.63) is 12.7 Å². The molecule has 2 atom stereocenters. The number of nitrogens with one attached hydrogen (secondary N) is 2. The van der Waals surface area contributed by atoms with Crippen molar-refractivity contribution >= 4 is 17.8 Å². The molecule has 0 aromatic carbocycles. The number of hydrogen-bond donors (Lipinski definition) is 3. The van der Waals surface area contributed by atoms with Gasteiger partial charge in [0.1, 0.15) is 12.1 Å². The third kappa shape index (κ3) is 4.20. The Morgan fingerprint density at radius 1 is 1.61 bits per heavy atom. The maximum atomic E-state index is 11.7. The fourth-order valence-corrected chi connectivity index (χ4v) is 1.81. The Hall–Kier alpha value is -1.85. The molecule has 1 aliphatic rings. The van der Waals surface area contributed by atoms with E-state index in [-0.39, 0.29) is 5.91 Å². The summed E-state index contributed by atoms with van der Waals surface area (Å²) in [5.74, 6) is -1.66. The number of aliphatic carboxylic acids is 1. The molecule has 6 nitrogen and oxygen atoms in total. The smallest absolute Gasteiger partial charge is 0.326 e. The molecule has 1 rings (SSSR count). The van der Waals surface area contributed by atoms with Gasteiger partial charge in [-0.2, -0.15) is 0 Å². The number of carboxylic acids is 1. The fourth-order valence-electron chi connectivity index (χ4n) is 1.81. The average Bonchev–Trinajstić information content (AvgIpc) is 2.74. The predicted molar refractivity (Wildman–Crippen MR) is 64.8 cm³/mol. The molecule has 100 valence electrons. The highest BCUT2D eigenvalue weighted by Crippen LogP contribution is 2.08. The van der Waals surface area contributed by atoms with Crippen LogP contribution in [0.25, 0.3) is 0 Å². The molecule has 0 aromatic rings. The van der Waals surface area contributed by atoms with Crippen LogP contribution in [-0.4, -0.2) is 35.0 Å². The summed E-state index contributed by atoms with van der Waals surface area (Å²) >= 11 is 0. The Bertz CT molecular complexity index is 354. The minimum absolute atomic E-state index is 0.173. The summed E-state index contributed by atoms with van der Waals surface area (Å²) in [7, 11) is 0. The number of allylic oxidation sites excluding steroid dienone is 1. The van der Waals surface area contributed by atoms with Gasteiger partial charge in [-0.25, -0.2) is 4.79 Å². The van der Waals surface area contributed by atoms with Crippen LogP contribution in [0.15, 0.2) is 12.7 Å². The van der Waals surface area contributed by atoms with E-state index in [0.29, 0.717) is 32.1 Å². The molecule has 1 heterocycles. The number of carboxylic acid groups (broad SMARTS) is 1. The Labute approximate surface area is 105 Å². The molecule has 0 unspecified atom stereocenters. The quantitative estimate of drug-likeness (QED) is 0.446. The van der Waals surface area contributed by atoms with Crippen LogP contribution in [0, 0.1) is 0 Å². The lowest BCUT2D eigenvalue weighted by Crippen LogP contribution is -2.48. The molecule has 0 spiro atoms. The van der Waals surface area contributed by atoms with E-state index in [2.05, 4.69) is 17.2 Å². The van der Waals surface area contributed by atoms with Gasteiger partial charge in [0.15, 0.2) is 0 Å². The van der Waals surface area contributed by atoms with Gasteiger partial charge in [-0.05, 0) is 25.7 Å². The SMILES string of the molecule is C=CCCC[C@@H](NC(=O)[C@H]1CCC(=O)N1)C(=O)O. The van der Waals surface area contributed by atoms with Gasteiger partial charge in [-0.1, -0.05) is 6.08 Å². The highest BCUT2D eigenvalue weighted by atomic mass is 16.4. The van der Waals surface area contributed by atoms with Crippen molar-refractivity contribution in [2.45, 2.75) is 44.2 Å². The lowest BCUT2D eigenvalue weighted by Gasteiger charge is -2.17. The zero-order valence-electron chi connectivity index (χ0n) is 10.1. The maximum Gasteiger partial charge on any atom is 0.326 e. The van der Waals surface area contributed by atoms with Crippen LogP contribution < -0.4 is 10.6 Å². The van der Waals surface area contributed by atoms with Crippen LogP contribution in [-0.2, 0) is 14.4 Å². The van der Waals surface area contributed by atoms with Crippen LogP contribution in [0.1, 0.15) is 32.1 Å². The number of rotatable bonds is 7. The van der Waals surface area contributed by atoms with Crippen molar-refractivity contribution in [3.8, 4) is 0 Å². The van der Waals surface area contributed by atoms with E-state index in [4.69, 9.17) is 5.11 Å². The molecule has 1 fully saturated rings. The lowest BCUT2D eigenvalue weighted by molar-refractivity contribution is -0.142. The third-order valence-electron chi connectivity index (χ3n) is 2.83. The Balaban J connectivity index is 2.44. The highest BCUT2D eigenvalue weighted by molar-refractivity contribution is 5.92. The van der Waals surface area contributed by atoms with Crippen LogP contribution in [0.5, 0.6) is 0 Å². The molecule has 0 bridgehead atoms. The minimum Gasteiger partial charge on any atom is -0.480 e. The number of carbonyl (C=O) groups is 3. The first-order valence-corrected chi connectivity index (χ1v) is 5.98.